The van der Waals surface area contributed by atoms with E-state index in [2.05, 4.69) is 10.1 Å². The molecule has 2 amide bonds. The Morgan fingerprint density at radius 1 is 1.03 bits per heavy atom. The third-order valence-corrected chi connectivity index (χ3v) is 5.37. The number of rotatable bonds is 6. The molecule has 0 aliphatic carbocycles. The maximum absolute atomic E-state index is 12.3. The number of piperidine rings is 1. The molecule has 29 heavy (non-hydrogen) atoms. The Hall–Kier alpha value is -2.29. The summed E-state index contributed by atoms with van der Waals surface area (Å²) in [6.45, 7) is 3.48. The summed E-state index contributed by atoms with van der Waals surface area (Å²) < 4.78 is 40.3. The second-order valence-corrected chi connectivity index (χ2v) is 7.63. The topological polar surface area (TPSA) is 61.9 Å². The fourth-order valence-corrected chi connectivity index (χ4v) is 3.83. The lowest BCUT2D eigenvalue weighted by atomic mass is 9.93. The normalized spacial score (nSPS) is 18.7. The van der Waals surface area contributed by atoms with Gasteiger partial charge in [0, 0.05) is 25.2 Å². The van der Waals surface area contributed by atoms with Gasteiger partial charge < -0.3 is 15.0 Å². The number of nitrogens with zero attached hydrogens (tertiary/aromatic N) is 2. The van der Waals surface area contributed by atoms with Gasteiger partial charge in [0.1, 0.15) is 5.75 Å². The maximum Gasteiger partial charge on any atom is 0.573 e. The molecule has 3 rings (SSSR count). The molecule has 2 aliphatic heterocycles. The Bertz CT molecular complexity index is 695. The first kappa shape index (κ1) is 21.4. The summed E-state index contributed by atoms with van der Waals surface area (Å²) in [5.74, 6) is 0.0577. The summed E-state index contributed by atoms with van der Waals surface area (Å²) in [7, 11) is 0. The van der Waals surface area contributed by atoms with Crippen molar-refractivity contribution in [3.8, 4) is 5.75 Å². The third-order valence-electron chi connectivity index (χ3n) is 5.37. The first-order chi connectivity index (χ1) is 13.8. The molecule has 0 aromatic heterocycles. The molecular formula is C20H26F3N3O3. The molecule has 160 valence electrons. The molecule has 0 unspecified atom stereocenters. The number of nitrogens with one attached hydrogen (secondary N) is 1. The van der Waals surface area contributed by atoms with Crippen LogP contribution in [-0.2, 0) is 9.59 Å². The van der Waals surface area contributed by atoms with Gasteiger partial charge >= 0.3 is 6.36 Å². The molecular weight excluding hydrogens is 387 g/mol. The molecule has 1 N–H and O–H groups in total. The Kier molecular flexibility index (Phi) is 7.00. The van der Waals surface area contributed by atoms with Gasteiger partial charge in [-0.05, 0) is 69.0 Å². The number of hydrogen-bond donors (Lipinski definition) is 1. The molecule has 2 fully saturated rings. The van der Waals surface area contributed by atoms with Crippen molar-refractivity contribution in [1.82, 2.24) is 9.80 Å². The van der Waals surface area contributed by atoms with Gasteiger partial charge in [0.05, 0.1) is 6.54 Å². The number of hydrogen-bond acceptors (Lipinski definition) is 4. The quantitative estimate of drug-likeness (QED) is 0.778. The minimum Gasteiger partial charge on any atom is -0.406 e. The highest BCUT2D eigenvalue weighted by atomic mass is 19.4. The van der Waals surface area contributed by atoms with Crippen molar-refractivity contribution < 1.29 is 27.5 Å². The van der Waals surface area contributed by atoms with E-state index in [1.165, 1.54) is 12.1 Å². The number of amides is 2. The van der Waals surface area contributed by atoms with Crippen LogP contribution in [0, 0.1) is 5.92 Å². The summed E-state index contributed by atoms with van der Waals surface area (Å²) in [5, 5.41) is 2.68. The standard InChI is InChI=1S/C20H26F3N3O3/c21-20(22,23)29-17-5-3-16(4-6-17)24-18(27)14-25-11-7-15(8-12-25)13-19(28)26-9-1-2-10-26/h3-6,15H,1-2,7-14H2,(H,24,27). The van der Waals surface area contributed by atoms with E-state index >= 15 is 0 Å². The Balaban J connectivity index is 1.37. The van der Waals surface area contributed by atoms with Gasteiger partial charge in [0.2, 0.25) is 11.8 Å². The third kappa shape index (κ3) is 6.92. The van der Waals surface area contributed by atoms with E-state index in [0.717, 1.165) is 64.0 Å². The highest BCUT2D eigenvalue weighted by molar-refractivity contribution is 5.92. The summed E-state index contributed by atoms with van der Waals surface area (Å²) >= 11 is 0. The van der Waals surface area contributed by atoms with E-state index in [-0.39, 0.29) is 24.1 Å². The first-order valence-electron chi connectivity index (χ1n) is 9.94. The van der Waals surface area contributed by atoms with Gasteiger partial charge in [0.15, 0.2) is 0 Å². The first-order valence-corrected chi connectivity index (χ1v) is 9.94. The van der Waals surface area contributed by atoms with Crippen LogP contribution in [0.3, 0.4) is 0 Å². The highest BCUT2D eigenvalue weighted by Crippen LogP contribution is 2.25. The van der Waals surface area contributed by atoms with E-state index < -0.39 is 6.36 Å². The lowest BCUT2D eigenvalue weighted by Crippen LogP contribution is -2.40. The number of anilines is 1. The van der Waals surface area contributed by atoms with Crippen molar-refractivity contribution >= 4 is 17.5 Å². The van der Waals surface area contributed by atoms with Crippen LogP contribution in [0.5, 0.6) is 5.75 Å². The van der Waals surface area contributed by atoms with Gasteiger partial charge in [-0.15, -0.1) is 13.2 Å². The molecule has 2 aliphatic rings. The van der Waals surface area contributed by atoms with Crippen molar-refractivity contribution in [3.63, 3.8) is 0 Å². The number of ether oxygens (including phenoxy) is 1. The monoisotopic (exact) mass is 413 g/mol. The summed E-state index contributed by atoms with van der Waals surface area (Å²) in [4.78, 5) is 28.4. The SMILES string of the molecule is O=C(CN1CCC(CC(=O)N2CCCC2)CC1)Nc1ccc(OC(F)(F)F)cc1. The van der Waals surface area contributed by atoms with Crippen LogP contribution in [-0.4, -0.2) is 60.7 Å². The smallest absolute Gasteiger partial charge is 0.406 e. The highest BCUT2D eigenvalue weighted by Gasteiger charge is 2.31. The van der Waals surface area contributed by atoms with Crippen LogP contribution in [0.2, 0.25) is 0 Å². The molecule has 0 saturated carbocycles. The number of halogens is 3. The predicted octanol–water partition coefficient (Wildman–Crippen LogP) is 3.25. The number of likely N-dealkylation sites (tertiary alicyclic amines) is 2. The van der Waals surface area contributed by atoms with E-state index in [1.54, 1.807) is 0 Å². The fraction of sp³-hybridized carbons (Fsp3) is 0.600. The van der Waals surface area contributed by atoms with Crippen molar-refractivity contribution in [1.29, 1.82) is 0 Å². The fourth-order valence-electron chi connectivity index (χ4n) is 3.83. The molecule has 0 bridgehead atoms. The summed E-state index contributed by atoms with van der Waals surface area (Å²) in [6.07, 6.45) is -0.191. The van der Waals surface area contributed by atoms with Gasteiger partial charge in [-0.25, -0.2) is 0 Å². The maximum atomic E-state index is 12.3. The summed E-state index contributed by atoms with van der Waals surface area (Å²) in [5.41, 5.74) is 0.413. The van der Waals surface area contributed by atoms with E-state index in [9.17, 15) is 22.8 Å². The van der Waals surface area contributed by atoms with E-state index in [1.807, 2.05) is 9.80 Å². The average molecular weight is 413 g/mol. The molecule has 2 saturated heterocycles. The predicted molar refractivity (Wildman–Crippen MR) is 101 cm³/mol. The molecule has 6 nitrogen and oxygen atoms in total. The van der Waals surface area contributed by atoms with Crippen LogP contribution >= 0.6 is 0 Å². The van der Waals surface area contributed by atoms with Crippen LogP contribution in [0.25, 0.3) is 0 Å². The van der Waals surface area contributed by atoms with Gasteiger partial charge in [-0.2, -0.15) is 0 Å². The van der Waals surface area contributed by atoms with Crippen LogP contribution in [0.4, 0.5) is 18.9 Å². The van der Waals surface area contributed by atoms with Gasteiger partial charge in [0.25, 0.3) is 0 Å². The van der Waals surface area contributed by atoms with Crippen molar-refractivity contribution in [2.24, 2.45) is 5.92 Å². The summed E-state index contributed by atoms with van der Waals surface area (Å²) in [6, 6.07) is 5.06. The Labute approximate surface area is 168 Å². The number of carbonyl (C=O) groups is 2. The number of carbonyl (C=O) groups excluding carboxylic acids is 2. The Morgan fingerprint density at radius 3 is 2.24 bits per heavy atom. The molecule has 1 aromatic rings. The zero-order valence-electron chi connectivity index (χ0n) is 16.2. The number of alkyl halides is 3. The molecule has 0 atom stereocenters. The van der Waals surface area contributed by atoms with Gasteiger partial charge in [-0.3, -0.25) is 14.5 Å². The minimum absolute atomic E-state index is 0.216. The molecule has 0 radical (unpaired) electrons. The van der Waals surface area contributed by atoms with Crippen molar-refractivity contribution in [3.05, 3.63) is 24.3 Å². The number of benzene rings is 1. The second kappa shape index (κ2) is 9.47. The van der Waals surface area contributed by atoms with E-state index in [4.69, 9.17) is 0 Å². The van der Waals surface area contributed by atoms with Crippen LogP contribution < -0.4 is 10.1 Å². The van der Waals surface area contributed by atoms with E-state index in [0.29, 0.717) is 18.0 Å². The molecule has 2 heterocycles. The van der Waals surface area contributed by atoms with Gasteiger partial charge in [-0.1, -0.05) is 0 Å². The molecule has 0 spiro atoms. The van der Waals surface area contributed by atoms with Crippen molar-refractivity contribution in [2.75, 3.05) is 38.0 Å². The molecule has 9 heteroatoms. The zero-order chi connectivity index (χ0) is 20.9. The Morgan fingerprint density at radius 2 is 1.66 bits per heavy atom. The zero-order valence-corrected chi connectivity index (χ0v) is 16.2. The van der Waals surface area contributed by atoms with Crippen LogP contribution in [0.15, 0.2) is 24.3 Å². The minimum atomic E-state index is -4.74. The second-order valence-electron chi connectivity index (χ2n) is 7.63. The lowest BCUT2D eigenvalue weighted by molar-refractivity contribution is -0.274. The molecule has 1 aromatic carbocycles. The largest absolute Gasteiger partial charge is 0.573 e. The lowest BCUT2D eigenvalue weighted by Gasteiger charge is -2.31. The average Bonchev–Trinajstić information content (AvgIpc) is 3.19. The van der Waals surface area contributed by atoms with Crippen LogP contribution in [0.1, 0.15) is 32.1 Å². The van der Waals surface area contributed by atoms with Crippen molar-refractivity contribution in [2.45, 2.75) is 38.5 Å².